The topological polar surface area (TPSA) is 38.3 Å². The summed E-state index contributed by atoms with van der Waals surface area (Å²) in [7, 11) is 2.02. The molecule has 0 aromatic rings. The molecule has 1 aliphatic carbocycles. The van der Waals surface area contributed by atoms with Crippen molar-refractivity contribution in [2.45, 2.75) is 64.9 Å². The predicted molar refractivity (Wildman–Crippen MR) is 74.5 cm³/mol. The van der Waals surface area contributed by atoms with Gasteiger partial charge in [-0.3, -0.25) is 4.79 Å². The van der Waals surface area contributed by atoms with E-state index in [0.29, 0.717) is 12.3 Å². The second-order valence-electron chi connectivity index (χ2n) is 6.58. The van der Waals surface area contributed by atoms with Gasteiger partial charge in [-0.25, -0.2) is 0 Å². The molecule has 1 rings (SSSR count). The van der Waals surface area contributed by atoms with Gasteiger partial charge < -0.3 is 10.1 Å². The molecule has 2 unspecified atom stereocenters. The average molecular weight is 255 g/mol. The number of carbonyl (C=O) groups excluding carboxylic acids is 1. The Kier molecular flexibility index (Phi) is 6.13. The minimum absolute atomic E-state index is 0.0433. The van der Waals surface area contributed by atoms with E-state index in [2.05, 4.69) is 5.32 Å². The Hall–Kier alpha value is -0.570. The molecule has 2 atom stereocenters. The standard InChI is InChI=1S/C15H29NO2/c1-15(2,3)18-14(17)9-8-12-6-5-7-13(10-12)11-16-4/h12-13,16H,5-11H2,1-4H3. The second kappa shape index (κ2) is 7.13. The van der Waals surface area contributed by atoms with Crippen molar-refractivity contribution in [3.05, 3.63) is 0 Å². The maximum Gasteiger partial charge on any atom is 0.306 e. The van der Waals surface area contributed by atoms with Crippen molar-refractivity contribution in [3.63, 3.8) is 0 Å². The Balaban J connectivity index is 2.24. The Labute approximate surface area is 112 Å². The third-order valence-corrected chi connectivity index (χ3v) is 3.56. The Morgan fingerprint density at radius 3 is 2.56 bits per heavy atom. The Morgan fingerprint density at radius 1 is 1.28 bits per heavy atom. The molecule has 106 valence electrons. The van der Waals surface area contributed by atoms with Gasteiger partial charge in [0.1, 0.15) is 5.60 Å². The summed E-state index contributed by atoms with van der Waals surface area (Å²) in [6.45, 7) is 6.89. The van der Waals surface area contributed by atoms with E-state index in [1.54, 1.807) is 0 Å². The Bertz CT molecular complexity index is 256. The first-order valence-electron chi connectivity index (χ1n) is 7.27. The number of ether oxygens (including phenoxy) is 1. The lowest BCUT2D eigenvalue weighted by Crippen LogP contribution is -2.26. The summed E-state index contributed by atoms with van der Waals surface area (Å²) >= 11 is 0. The molecule has 0 spiro atoms. The van der Waals surface area contributed by atoms with Gasteiger partial charge in [0.15, 0.2) is 0 Å². The zero-order valence-electron chi connectivity index (χ0n) is 12.4. The molecule has 3 heteroatoms. The minimum Gasteiger partial charge on any atom is -0.460 e. The first-order chi connectivity index (χ1) is 8.40. The maximum absolute atomic E-state index is 11.7. The molecule has 0 aromatic carbocycles. The zero-order chi connectivity index (χ0) is 13.6. The van der Waals surface area contributed by atoms with E-state index in [4.69, 9.17) is 4.74 Å². The van der Waals surface area contributed by atoms with Crippen LogP contribution in [0.4, 0.5) is 0 Å². The number of esters is 1. The molecule has 1 aliphatic rings. The molecular weight excluding hydrogens is 226 g/mol. The van der Waals surface area contributed by atoms with Crippen LogP contribution in [0.25, 0.3) is 0 Å². The van der Waals surface area contributed by atoms with Crippen LogP contribution < -0.4 is 5.32 Å². The summed E-state index contributed by atoms with van der Waals surface area (Å²) in [4.78, 5) is 11.7. The molecule has 0 saturated heterocycles. The minimum atomic E-state index is -0.349. The molecule has 0 amide bonds. The summed E-state index contributed by atoms with van der Waals surface area (Å²) < 4.78 is 5.35. The number of rotatable bonds is 5. The van der Waals surface area contributed by atoms with Crippen LogP contribution >= 0.6 is 0 Å². The van der Waals surface area contributed by atoms with Crippen molar-refractivity contribution < 1.29 is 9.53 Å². The molecule has 1 fully saturated rings. The molecule has 0 radical (unpaired) electrons. The van der Waals surface area contributed by atoms with Crippen LogP contribution in [0.1, 0.15) is 59.3 Å². The molecule has 0 bridgehead atoms. The highest BCUT2D eigenvalue weighted by Gasteiger charge is 2.23. The van der Waals surface area contributed by atoms with E-state index in [9.17, 15) is 4.79 Å². The van der Waals surface area contributed by atoms with Gasteiger partial charge in [-0.15, -0.1) is 0 Å². The summed E-state index contributed by atoms with van der Waals surface area (Å²) in [5.74, 6) is 1.47. The fourth-order valence-corrected chi connectivity index (χ4v) is 2.85. The van der Waals surface area contributed by atoms with Crippen LogP contribution in [0.15, 0.2) is 0 Å². The fourth-order valence-electron chi connectivity index (χ4n) is 2.85. The second-order valence-corrected chi connectivity index (χ2v) is 6.58. The summed E-state index contributed by atoms with van der Waals surface area (Å²) in [5.41, 5.74) is -0.349. The molecule has 1 N–H and O–H groups in total. The monoisotopic (exact) mass is 255 g/mol. The van der Waals surface area contributed by atoms with Crippen LogP contribution in [0.2, 0.25) is 0 Å². The molecule has 1 saturated carbocycles. The lowest BCUT2D eigenvalue weighted by atomic mass is 9.79. The van der Waals surface area contributed by atoms with Crippen molar-refractivity contribution in [3.8, 4) is 0 Å². The first kappa shape index (κ1) is 15.5. The molecule has 3 nitrogen and oxygen atoms in total. The van der Waals surface area contributed by atoms with E-state index in [0.717, 1.165) is 18.9 Å². The number of hydrogen-bond donors (Lipinski definition) is 1. The summed E-state index contributed by atoms with van der Waals surface area (Å²) in [6, 6.07) is 0. The molecule has 18 heavy (non-hydrogen) atoms. The van der Waals surface area contributed by atoms with E-state index in [1.165, 1.54) is 25.7 Å². The largest absolute Gasteiger partial charge is 0.460 e. The van der Waals surface area contributed by atoms with Gasteiger partial charge in [-0.05, 0) is 65.5 Å². The van der Waals surface area contributed by atoms with Crippen LogP contribution in [-0.4, -0.2) is 25.2 Å². The van der Waals surface area contributed by atoms with Crippen molar-refractivity contribution in [1.82, 2.24) is 5.32 Å². The van der Waals surface area contributed by atoms with Gasteiger partial charge in [0.2, 0.25) is 0 Å². The highest BCUT2D eigenvalue weighted by atomic mass is 16.6. The third-order valence-electron chi connectivity index (χ3n) is 3.56. The molecule has 0 aliphatic heterocycles. The summed E-state index contributed by atoms with van der Waals surface area (Å²) in [5, 5.41) is 3.26. The zero-order valence-corrected chi connectivity index (χ0v) is 12.4. The van der Waals surface area contributed by atoms with Gasteiger partial charge in [-0.2, -0.15) is 0 Å². The van der Waals surface area contributed by atoms with Crippen molar-refractivity contribution >= 4 is 5.97 Å². The maximum atomic E-state index is 11.7. The lowest BCUT2D eigenvalue weighted by molar-refractivity contribution is -0.155. The number of hydrogen-bond acceptors (Lipinski definition) is 3. The lowest BCUT2D eigenvalue weighted by Gasteiger charge is -2.29. The van der Waals surface area contributed by atoms with Gasteiger partial charge in [0.25, 0.3) is 0 Å². The van der Waals surface area contributed by atoms with Crippen LogP contribution in [0.3, 0.4) is 0 Å². The molecule has 0 aromatic heterocycles. The van der Waals surface area contributed by atoms with Crippen molar-refractivity contribution in [2.24, 2.45) is 11.8 Å². The van der Waals surface area contributed by atoms with Crippen molar-refractivity contribution in [2.75, 3.05) is 13.6 Å². The molecule has 0 heterocycles. The first-order valence-corrected chi connectivity index (χ1v) is 7.27. The van der Waals surface area contributed by atoms with Gasteiger partial charge in [-0.1, -0.05) is 12.8 Å². The van der Waals surface area contributed by atoms with Crippen LogP contribution in [0.5, 0.6) is 0 Å². The number of carbonyl (C=O) groups is 1. The van der Waals surface area contributed by atoms with Gasteiger partial charge in [0, 0.05) is 6.42 Å². The highest BCUT2D eigenvalue weighted by molar-refractivity contribution is 5.69. The predicted octanol–water partition coefficient (Wildman–Crippen LogP) is 3.13. The third kappa shape index (κ3) is 6.39. The quantitative estimate of drug-likeness (QED) is 0.767. The van der Waals surface area contributed by atoms with Gasteiger partial charge >= 0.3 is 5.97 Å². The van der Waals surface area contributed by atoms with Crippen LogP contribution in [-0.2, 0) is 9.53 Å². The van der Waals surface area contributed by atoms with E-state index < -0.39 is 0 Å². The summed E-state index contributed by atoms with van der Waals surface area (Å²) in [6.07, 6.45) is 6.77. The average Bonchev–Trinajstić information content (AvgIpc) is 2.25. The van der Waals surface area contributed by atoms with Gasteiger partial charge in [0.05, 0.1) is 0 Å². The smallest absolute Gasteiger partial charge is 0.306 e. The molecular formula is C15H29NO2. The number of nitrogens with one attached hydrogen (secondary N) is 1. The van der Waals surface area contributed by atoms with Crippen molar-refractivity contribution in [1.29, 1.82) is 0 Å². The normalized spacial score (nSPS) is 24.9. The fraction of sp³-hybridized carbons (Fsp3) is 0.933. The SMILES string of the molecule is CNCC1CCCC(CCC(=O)OC(C)(C)C)C1. The Morgan fingerprint density at radius 2 is 1.94 bits per heavy atom. The van der Waals surface area contributed by atoms with E-state index >= 15 is 0 Å². The van der Waals surface area contributed by atoms with E-state index in [-0.39, 0.29) is 11.6 Å². The van der Waals surface area contributed by atoms with Crippen LogP contribution in [0, 0.1) is 11.8 Å². The highest BCUT2D eigenvalue weighted by Crippen LogP contribution is 2.31. The van der Waals surface area contributed by atoms with E-state index in [1.807, 2.05) is 27.8 Å².